The van der Waals surface area contributed by atoms with Gasteiger partial charge in [-0.1, -0.05) is 34.1 Å². The van der Waals surface area contributed by atoms with Crippen molar-refractivity contribution in [3.05, 3.63) is 69.3 Å². The maximum atomic E-state index is 12.9. The zero-order valence-corrected chi connectivity index (χ0v) is 15.7. The average molecular weight is 396 g/mol. The Hall–Kier alpha value is -2.27. The molecule has 3 aromatic rings. The summed E-state index contributed by atoms with van der Waals surface area (Å²) in [4.78, 5) is 12.9. The third-order valence-electron chi connectivity index (χ3n) is 5.01. The van der Waals surface area contributed by atoms with Crippen molar-refractivity contribution in [1.29, 1.82) is 0 Å². The fourth-order valence-corrected chi connectivity index (χ4v) is 3.85. The van der Waals surface area contributed by atoms with Crippen LogP contribution in [0.2, 0.25) is 0 Å². The molecule has 0 radical (unpaired) electrons. The molecular formula is C20H18BrN3O. The van der Waals surface area contributed by atoms with E-state index in [1.165, 1.54) is 0 Å². The maximum Gasteiger partial charge on any atom is 0.251 e. The minimum absolute atomic E-state index is 0.0518. The highest BCUT2D eigenvalue weighted by Crippen LogP contribution is 2.48. The zero-order valence-electron chi connectivity index (χ0n) is 14.1. The van der Waals surface area contributed by atoms with E-state index in [4.69, 9.17) is 0 Å². The summed E-state index contributed by atoms with van der Waals surface area (Å²) in [6, 6.07) is 13.7. The highest BCUT2D eigenvalue weighted by atomic mass is 79.9. The molecule has 0 unspecified atom stereocenters. The van der Waals surface area contributed by atoms with Crippen molar-refractivity contribution in [3.8, 4) is 0 Å². The van der Waals surface area contributed by atoms with Crippen LogP contribution in [0.25, 0.3) is 10.9 Å². The van der Waals surface area contributed by atoms with Gasteiger partial charge in [-0.3, -0.25) is 4.79 Å². The smallest absolute Gasteiger partial charge is 0.251 e. The summed E-state index contributed by atoms with van der Waals surface area (Å²) in [5, 5.41) is 12.6. The van der Waals surface area contributed by atoms with Crippen LogP contribution in [0, 0.1) is 13.8 Å². The summed E-state index contributed by atoms with van der Waals surface area (Å²) in [6.45, 7) is 3.94. The minimum Gasteiger partial charge on any atom is -0.342 e. The molecule has 1 aliphatic carbocycles. The first-order chi connectivity index (χ1) is 12.0. The monoisotopic (exact) mass is 395 g/mol. The van der Waals surface area contributed by atoms with E-state index in [-0.39, 0.29) is 11.4 Å². The summed E-state index contributed by atoms with van der Waals surface area (Å²) in [7, 11) is 0. The van der Waals surface area contributed by atoms with Crippen LogP contribution >= 0.6 is 15.9 Å². The lowest BCUT2D eigenvalue weighted by molar-refractivity contribution is 0.0931. The molecule has 1 N–H and O–H groups in total. The average Bonchev–Trinajstić information content (AvgIpc) is 3.38. The van der Waals surface area contributed by atoms with Crippen molar-refractivity contribution in [1.82, 2.24) is 15.5 Å². The Balaban J connectivity index is 1.67. The van der Waals surface area contributed by atoms with Gasteiger partial charge in [-0.25, -0.2) is 0 Å². The molecule has 1 fully saturated rings. The number of hydrogen-bond acceptors (Lipinski definition) is 3. The van der Waals surface area contributed by atoms with Gasteiger partial charge in [0, 0.05) is 15.4 Å². The van der Waals surface area contributed by atoms with E-state index in [0.717, 1.165) is 45.0 Å². The number of aromatic nitrogens is 2. The van der Waals surface area contributed by atoms with Crippen LogP contribution in [0.3, 0.4) is 0 Å². The lowest BCUT2D eigenvalue weighted by atomic mass is 10.0. The molecule has 1 saturated carbocycles. The largest absolute Gasteiger partial charge is 0.342 e. The summed E-state index contributed by atoms with van der Waals surface area (Å²) in [5.74, 6) is -0.0518. The number of aryl methyl sites for hydroxylation is 2. The molecule has 4 rings (SSSR count). The minimum atomic E-state index is -0.256. The number of carbonyl (C=O) groups excluding carboxylic acids is 1. The molecule has 1 amide bonds. The maximum absolute atomic E-state index is 12.9. The summed E-state index contributed by atoms with van der Waals surface area (Å²) >= 11 is 3.60. The molecule has 5 heteroatoms. The van der Waals surface area contributed by atoms with Crippen molar-refractivity contribution < 1.29 is 4.79 Å². The summed E-state index contributed by atoms with van der Waals surface area (Å²) in [5.41, 5.74) is 4.30. The first-order valence-corrected chi connectivity index (χ1v) is 9.11. The van der Waals surface area contributed by atoms with Crippen LogP contribution in [0.1, 0.15) is 40.0 Å². The standard InChI is InChI=1S/C20H18BrN3O/c1-12-13(2)23-24-18-8-7-14(11-15(12)18)19(25)22-20(9-10-20)16-5-3-4-6-17(16)21/h3-8,11H,9-10H2,1-2H3,(H,22,25). The topological polar surface area (TPSA) is 54.9 Å². The van der Waals surface area contributed by atoms with Crippen LogP contribution in [0.5, 0.6) is 0 Å². The highest BCUT2D eigenvalue weighted by molar-refractivity contribution is 9.10. The summed E-state index contributed by atoms with van der Waals surface area (Å²) in [6.07, 6.45) is 1.91. The van der Waals surface area contributed by atoms with Gasteiger partial charge in [0.15, 0.2) is 0 Å². The Kier molecular flexibility index (Phi) is 3.84. The van der Waals surface area contributed by atoms with E-state index in [2.05, 4.69) is 37.5 Å². The lowest BCUT2D eigenvalue weighted by Gasteiger charge is -2.19. The Morgan fingerprint density at radius 1 is 1.12 bits per heavy atom. The van der Waals surface area contributed by atoms with Gasteiger partial charge in [-0.05, 0) is 62.1 Å². The predicted octanol–water partition coefficient (Wildman–Crippen LogP) is 4.43. The van der Waals surface area contributed by atoms with Crippen molar-refractivity contribution >= 4 is 32.7 Å². The molecule has 1 heterocycles. The molecule has 2 aromatic carbocycles. The van der Waals surface area contributed by atoms with Crippen molar-refractivity contribution in [2.24, 2.45) is 0 Å². The van der Waals surface area contributed by atoms with Crippen LogP contribution in [0.4, 0.5) is 0 Å². The van der Waals surface area contributed by atoms with Crippen molar-refractivity contribution in [2.75, 3.05) is 0 Å². The molecule has 0 saturated heterocycles. The second-order valence-corrected chi connectivity index (χ2v) is 7.51. The Labute approximate surface area is 154 Å². The number of nitrogens with one attached hydrogen (secondary N) is 1. The van der Waals surface area contributed by atoms with Gasteiger partial charge in [0.25, 0.3) is 5.91 Å². The molecule has 126 valence electrons. The number of hydrogen-bond donors (Lipinski definition) is 1. The van der Waals surface area contributed by atoms with Crippen LogP contribution < -0.4 is 5.32 Å². The SMILES string of the molecule is Cc1nnc2ccc(C(=O)NC3(c4ccccc4Br)CC3)cc2c1C. The predicted molar refractivity (Wildman–Crippen MR) is 102 cm³/mol. The number of halogens is 1. The normalized spacial score (nSPS) is 15.2. The Morgan fingerprint density at radius 3 is 2.60 bits per heavy atom. The number of nitrogens with zero attached hydrogens (tertiary/aromatic N) is 2. The van der Waals surface area contributed by atoms with Gasteiger partial charge in [-0.15, -0.1) is 0 Å². The Morgan fingerprint density at radius 2 is 1.88 bits per heavy atom. The molecule has 25 heavy (non-hydrogen) atoms. The summed E-state index contributed by atoms with van der Waals surface area (Å²) < 4.78 is 1.04. The van der Waals surface area contributed by atoms with E-state index in [1.807, 2.05) is 50.2 Å². The van der Waals surface area contributed by atoms with Gasteiger partial charge in [0.1, 0.15) is 0 Å². The zero-order chi connectivity index (χ0) is 17.6. The van der Waals surface area contributed by atoms with Gasteiger partial charge in [-0.2, -0.15) is 10.2 Å². The number of benzene rings is 2. The highest BCUT2D eigenvalue weighted by Gasteiger charge is 2.46. The molecule has 0 bridgehead atoms. The second kappa shape index (κ2) is 5.92. The van der Waals surface area contributed by atoms with Gasteiger partial charge < -0.3 is 5.32 Å². The molecule has 4 nitrogen and oxygen atoms in total. The van der Waals surface area contributed by atoms with E-state index in [0.29, 0.717) is 5.56 Å². The van der Waals surface area contributed by atoms with Gasteiger partial charge >= 0.3 is 0 Å². The van der Waals surface area contributed by atoms with E-state index in [9.17, 15) is 4.79 Å². The number of fused-ring (bicyclic) bond motifs is 1. The molecular weight excluding hydrogens is 378 g/mol. The number of rotatable bonds is 3. The fraction of sp³-hybridized carbons (Fsp3) is 0.250. The fourth-order valence-electron chi connectivity index (χ4n) is 3.19. The van der Waals surface area contributed by atoms with Crippen LogP contribution in [-0.2, 0) is 5.54 Å². The molecule has 1 aliphatic rings. The molecule has 1 aromatic heterocycles. The number of carbonyl (C=O) groups is 1. The first kappa shape index (κ1) is 16.2. The van der Waals surface area contributed by atoms with Crippen molar-refractivity contribution in [2.45, 2.75) is 32.2 Å². The van der Waals surface area contributed by atoms with Crippen LogP contribution in [0.15, 0.2) is 46.9 Å². The lowest BCUT2D eigenvalue weighted by Crippen LogP contribution is -2.35. The van der Waals surface area contributed by atoms with Gasteiger partial charge in [0.05, 0.1) is 16.7 Å². The second-order valence-electron chi connectivity index (χ2n) is 6.66. The Bertz CT molecular complexity index is 995. The van der Waals surface area contributed by atoms with Crippen molar-refractivity contribution in [3.63, 3.8) is 0 Å². The first-order valence-electron chi connectivity index (χ1n) is 8.31. The quantitative estimate of drug-likeness (QED) is 0.713. The molecule has 0 atom stereocenters. The molecule has 0 spiro atoms. The van der Waals surface area contributed by atoms with Gasteiger partial charge in [0.2, 0.25) is 0 Å². The molecule has 0 aliphatic heterocycles. The van der Waals surface area contributed by atoms with Crippen LogP contribution in [-0.4, -0.2) is 16.1 Å². The van der Waals surface area contributed by atoms with E-state index >= 15 is 0 Å². The third kappa shape index (κ3) is 2.82. The van der Waals surface area contributed by atoms with E-state index in [1.54, 1.807) is 0 Å². The number of amides is 1. The third-order valence-corrected chi connectivity index (χ3v) is 5.70. The van der Waals surface area contributed by atoms with E-state index < -0.39 is 0 Å².